The quantitative estimate of drug-likeness (QED) is 0.682. The van der Waals surface area contributed by atoms with Gasteiger partial charge in [-0.1, -0.05) is 24.3 Å². The highest BCUT2D eigenvalue weighted by Crippen LogP contribution is 2.24. The summed E-state index contributed by atoms with van der Waals surface area (Å²) in [7, 11) is 0. The van der Waals surface area contributed by atoms with Crippen LogP contribution in [0.15, 0.2) is 42.6 Å². The Morgan fingerprint density at radius 1 is 1.10 bits per heavy atom. The number of benzene rings is 1. The molecule has 2 aliphatic rings. The number of amides is 1. The molecule has 2 aromatic heterocycles. The van der Waals surface area contributed by atoms with Crippen molar-refractivity contribution in [1.82, 2.24) is 25.1 Å². The molecule has 1 aliphatic heterocycles. The van der Waals surface area contributed by atoms with Crippen molar-refractivity contribution in [3.05, 3.63) is 76.4 Å². The molecule has 0 spiro atoms. The third-order valence-electron chi connectivity index (χ3n) is 5.64. The van der Waals surface area contributed by atoms with Crippen LogP contribution in [-0.2, 0) is 25.8 Å². The minimum atomic E-state index is -0.164. The van der Waals surface area contributed by atoms with Gasteiger partial charge < -0.3 is 10.2 Å². The van der Waals surface area contributed by atoms with Crippen LogP contribution in [0.3, 0.4) is 0 Å². The van der Waals surface area contributed by atoms with Crippen LogP contribution in [0.1, 0.15) is 38.6 Å². The van der Waals surface area contributed by atoms with Crippen LogP contribution in [-0.4, -0.2) is 43.6 Å². The fourth-order valence-corrected chi connectivity index (χ4v) is 4.09. The number of carbonyl (C=O) groups is 1. The smallest absolute Gasteiger partial charge is 0.274 e. The van der Waals surface area contributed by atoms with Crippen LogP contribution in [0.5, 0.6) is 0 Å². The van der Waals surface area contributed by atoms with E-state index >= 15 is 0 Å². The number of aromatic nitrogens is 4. The normalized spacial score (nSPS) is 15.2. The van der Waals surface area contributed by atoms with Gasteiger partial charge in [0.15, 0.2) is 5.69 Å². The number of nitrogens with zero attached hydrogens (tertiary/aromatic N) is 5. The van der Waals surface area contributed by atoms with Gasteiger partial charge in [-0.3, -0.25) is 4.79 Å². The SMILES string of the molecule is C#Cc1ccc(C(=O)N2CCc3nc(NC4Cc5ccccc5C4)ncc3C2)nn1. The molecule has 1 aliphatic carbocycles. The van der Waals surface area contributed by atoms with Gasteiger partial charge in [0, 0.05) is 37.3 Å². The first-order valence-electron chi connectivity index (χ1n) is 9.97. The van der Waals surface area contributed by atoms with Crippen molar-refractivity contribution in [3.8, 4) is 12.3 Å². The molecule has 0 saturated carbocycles. The number of terminal acetylenes is 1. The maximum Gasteiger partial charge on any atom is 0.274 e. The van der Waals surface area contributed by atoms with Crippen molar-refractivity contribution in [2.45, 2.75) is 31.8 Å². The lowest BCUT2D eigenvalue weighted by molar-refractivity contribution is 0.0726. The zero-order valence-electron chi connectivity index (χ0n) is 16.4. The van der Waals surface area contributed by atoms with Crippen molar-refractivity contribution < 1.29 is 4.79 Å². The van der Waals surface area contributed by atoms with Gasteiger partial charge in [-0.2, -0.15) is 0 Å². The Labute approximate surface area is 174 Å². The number of anilines is 1. The van der Waals surface area contributed by atoms with E-state index in [9.17, 15) is 4.79 Å². The monoisotopic (exact) mass is 396 g/mol. The molecule has 7 heteroatoms. The van der Waals surface area contributed by atoms with Gasteiger partial charge >= 0.3 is 0 Å². The molecular weight excluding hydrogens is 376 g/mol. The second-order valence-electron chi connectivity index (χ2n) is 7.61. The second-order valence-corrected chi connectivity index (χ2v) is 7.61. The van der Waals surface area contributed by atoms with E-state index in [-0.39, 0.29) is 11.6 Å². The second kappa shape index (κ2) is 7.56. The van der Waals surface area contributed by atoms with E-state index in [4.69, 9.17) is 11.4 Å². The standard InChI is InChI=1S/C23H20N6O/c1-2-18-7-8-21(28-27-18)22(30)29-10-9-20-17(14-29)13-24-23(26-20)25-19-11-15-5-3-4-6-16(15)12-19/h1,3-8,13,19H,9-12,14H2,(H,24,25,26). The first-order chi connectivity index (χ1) is 14.7. The summed E-state index contributed by atoms with van der Waals surface area (Å²) < 4.78 is 0. The predicted octanol–water partition coefficient (Wildman–Crippen LogP) is 2.03. The number of nitrogens with one attached hydrogen (secondary N) is 1. The van der Waals surface area contributed by atoms with Gasteiger partial charge in [0.05, 0.1) is 5.69 Å². The number of rotatable bonds is 3. The molecule has 0 bridgehead atoms. The van der Waals surface area contributed by atoms with Gasteiger partial charge in [-0.15, -0.1) is 16.6 Å². The summed E-state index contributed by atoms with van der Waals surface area (Å²) in [5.74, 6) is 2.89. The van der Waals surface area contributed by atoms with Gasteiger partial charge in [-0.25, -0.2) is 9.97 Å². The number of hydrogen-bond acceptors (Lipinski definition) is 6. The average Bonchev–Trinajstić information content (AvgIpc) is 3.20. The molecule has 7 nitrogen and oxygen atoms in total. The summed E-state index contributed by atoms with van der Waals surface area (Å²) in [6.45, 7) is 1.04. The summed E-state index contributed by atoms with van der Waals surface area (Å²) in [6.07, 6.45) is 9.76. The van der Waals surface area contributed by atoms with Gasteiger partial charge in [0.1, 0.15) is 5.69 Å². The Morgan fingerprint density at radius 2 is 1.90 bits per heavy atom. The average molecular weight is 396 g/mol. The molecule has 148 valence electrons. The Balaban J connectivity index is 1.26. The Bertz CT molecular complexity index is 1130. The Morgan fingerprint density at radius 3 is 2.60 bits per heavy atom. The first kappa shape index (κ1) is 18.3. The first-order valence-corrected chi connectivity index (χ1v) is 9.97. The van der Waals surface area contributed by atoms with Crippen molar-refractivity contribution in [3.63, 3.8) is 0 Å². The Hall–Kier alpha value is -3.79. The highest BCUT2D eigenvalue weighted by molar-refractivity contribution is 5.92. The maximum absolute atomic E-state index is 12.7. The van der Waals surface area contributed by atoms with Gasteiger partial charge in [-0.05, 0) is 42.0 Å². The molecule has 0 saturated heterocycles. The molecule has 5 rings (SSSR count). The maximum atomic E-state index is 12.7. The van der Waals surface area contributed by atoms with Crippen LogP contribution in [0.2, 0.25) is 0 Å². The minimum Gasteiger partial charge on any atom is -0.351 e. The van der Waals surface area contributed by atoms with E-state index in [2.05, 4.69) is 50.7 Å². The highest BCUT2D eigenvalue weighted by atomic mass is 16.2. The van der Waals surface area contributed by atoms with Crippen molar-refractivity contribution in [2.75, 3.05) is 11.9 Å². The molecule has 0 unspecified atom stereocenters. The molecule has 1 aromatic carbocycles. The zero-order valence-corrected chi connectivity index (χ0v) is 16.4. The summed E-state index contributed by atoms with van der Waals surface area (Å²) in [6, 6.07) is 12.1. The summed E-state index contributed by atoms with van der Waals surface area (Å²) in [5.41, 5.74) is 5.43. The van der Waals surface area contributed by atoms with E-state index in [1.54, 1.807) is 17.0 Å². The zero-order chi connectivity index (χ0) is 20.5. The Kier molecular flexibility index (Phi) is 4.60. The lowest BCUT2D eigenvalue weighted by Gasteiger charge is -2.28. The number of hydrogen-bond donors (Lipinski definition) is 1. The molecular formula is C23H20N6O. The van der Waals surface area contributed by atoms with Crippen LogP contribution >= 0.6 is 0 Å². The van der Waals surface area contributed by atoms with Gasteiger partial charge in [0.25, 0.3) is 5.91 Å². The molecule has 0 radical (unpaired) electrons. The van der Waals surface area contributed by atoms with Crippen LogP contribution < -0.4 is 5.32 Å². The highest BCUT2D eigenvalue weighted by Gasteiger charge is 2.26. The van der Waals surface area contributed by atoms with Crippen molar-refractivity contribution in [1.29, 1.82) is 0 Å². The predicted molar refractivity (Wildman–Crippen MR) is 112 cm³/mol. The fourth-order valence-electron chi connectivity index (χ4n) is 4.09. The molecule has 0 fully saturated rings. The molecule has 1 amide bonds. The molecule has 3 heterocycles. The van der Waals surface area contributed by atoms with Crippen LogP contribution in [0.25, 0.3) is 0 Å². The van der Waals surface area contributed by atoms with E-state index in [1.165, 1.54) is 11.1 Å². The topological polar surface area (TPSA) is 83.9 Å². The van der Waals surface area contributed by atoms with Crippen molar-refractivity contribution in [2.24, 2.45) is 0 Å². The van der Waals surface area contributed by atoms with Crippen molar-refractivity contribution >= 4 is 11.9 Å². The summed E-state index contributed by atoms with van der Waals surface area (Å²) >= 11 is 0. The molecule has 3 aromatic rings. The third-order valence-corrected chi connectivity index (χ3v) is 5.64. The summed E-state index contributed by atoms with van der Waals surface area (Å²) in [5, 5.41) is 11.3. The number of fused-ring (bicyclic) bond motifs is 2. The minimum absolute atomic E-state index is 0.164. The largest absolute Gasteiger partial charge is 0.351 e. The fraction of sp³-hybridized carbons (Fsp3) is 0.261. The number of carbonyl (C=O) groups excluding carboxylic acids is 1. The van der Waals surface area contributed by atoms with Crippen LogP contribution in [0.4, 0.5) is 5.95 Å². The van der Waals surface area contributed by atoms with E-state index < -0.39 is 0 Å². The summed E-state index contributed by atoms with van der Waals surface area (Å²) in [4.78, 5) is 23.7. The van der Waals surface area contributed by atoms with E-state index in [1.807, 2.05) is 6.20 Å². The molecule has 0 atom stereocenters. The molecule has 30 heavy (non-hydrogen) atoms. The lowest BCUT2D eigenvalue weighted by Crippen LogP contribution is -2.37. The van der Waals surface area contributed by atoms with E-state index in [0.29, 0.717) is 37.2 Å². The lowest BCUT2D eigenvalue weighted by atomic mass is 10.1. The van der Waals surface area contributed by atoms with Crippen LogP contribution in [0, 0.1) is 12.3 Å². The van der Waals surface area contributed by atoms with E-state index in [0.717, 1.165) is 24.1 Å². The van der Waals surface area contributed by atoms with Gasteiger partial charge in [0.2, 0.25) is 5.95 Å². The third kappa shape index (κ3) is 3.48. The molecule has 1 N–H and O–H groups in total.